The molecule has 2 aromatic carbocycles. The molecule has 0 radical (unpaired) electrons. The maximum atomic E-state index is 12.3. The van der Waals surface area contributed by atoms with Gasteiger partial charge in [-0.1, -0.05) is 30.3 Å². The molecular weight excluding hydrogens is 238 g/mol. The van der Waals surface area contributed by atoms with Crippen molar-refractivity contribution in [2.24, 2.45) is 0 Å². The number of rotatable bonds is 3. The summed E-state index contributed by atoms with van der Waals surface area (Å²) in [7, 11) is 1.65. The predicted octanol–water partition coefficient (Wildman–Crippen LogP) is 2.85. The van der Waals surface area contributed by atoms with Gasteiger partial charge < -0.3 is 9.64 Å². The normalized spacial score (nSPS) is 13.5. The second-order valence-electron chi connectivity index (χ2n) is 4.67. The Balaban J connectivity index is 1.81. The molecule has 19 heavy (non-hydrogen) atoms. The second-order valence-corrected chi connectivity index (χ2v) is 4.67. The molecule has 3 heteroatoms. The molecule has 0 fully saturated rings. The first-order chi connectivity index (χ1) is 9.28. The van der Waals surface area contributed by atoms with Gasteiger partial charge in [0.2, 0.25) is 0 Å². The molecule has 0 unspecified atom stereocenters. The topological polar surface area (TPSA) is 29.5 Å². The second kappa shape index (κ2) is 4.76. The van der Waals surface area contributed by atoms with E-state index in [-0.39, 0.29) is 5.91 Å². The fourth-order valence-electron chi connectivity index (χ4n) is 2.43. The van der Waals surface area contributed by atoms with Crippen LogP contribution in [0.2, 0.25) is 0 Å². The van der Waals surface area contributed by atoms with Crippen LogP contribution in [0, 0.1) is 0 Å². The molecule has 0 atom stereocenters. The molecule has 0 aliphatic carbocycles. The minimum absolute atomic E-state index is 0.110. The van der Waals surface area contributed by atoms with E-state index in [4.69, 9.17) is 4.74 Å². The highest BCUT2D eigenvalue weighted by Gasteiger charge is 2.26. The average molecular weight is 253 g/mol. The summed E-state index contributed by atoms with van der Waals surface area (Å²) < 4.78 is 5.20. The van der Waals surface area contributed by atoms with Crippen molar-refractivity contribution in [3.05, 3.63) is 65.2 Å². The summed E-state index contributed by atoms with van der Waals surface area (Å²) in [5.74, 6) is 0.931. The predicted molar refractivity (Wildman–Crippen MR) is 73.0 cm³/mol. The van der Waals surface area contributed by atoms with Gasteiger partial charge >= 0.3 is 0 Å². The van der Waals surface area contributed by atoms with Gasteiger partial charge in [0.15, 0.2) is 0 Å². The number of amides is 1. The number of benzene rings is 2. The van der Waals surface area contributed by atoms with Gasteiger partial charge in [-0.2, -0.15) is 0 Å². The zero-order valence-corrected chi connectivity index (χ0v) is 10.8. The average Bonchev–Trinajstić information content (AvgIpc) is 2.76. The fourth-order valence-corrected chi connectivity index (χ4v) is 2.43. The Bertz CT molecular complexity index is 622. The standard InChI is InChI=1S/C16H15NO2/c1-19-14-7-4-5-12(9-14)10-17-11-13-6-2-3-8-15(13)16(17)18/h2-9H,10-11H2,1H3. The third-order valence-corrected chi connectivity index (χ3v) is 3.40. The molecule has 0 aromatic heterocycles. The Morgan fingerprint density at radius 3 is 2.79 bits per heavy atom. The van der Waals surface area contributed by atoms with E-state index < -0.39 is 0 Å². The van der Waals surface area contributed by atoms with Crippen molar-refractivity contribution in [3.8, 4) is 5.75 Å². The smallest absolute Gasteiger partial charge is 0.254 e. The van der Waals surface area contributed by atoms with Gasteiger partial charge in [0.05, 0.1) is 7.11 Å². The van der Waals surface area contributed by atoms with Crippen LogP contribution in [-0.4, -0.2) is 17.9 Å². The lowest BCUT2D eigenvalue weighted by atomic mass is 10.1. The number of hydrogen-bond donors (Lipinski definition) is 0. The molecule has 0 saturated carbocycles. The van der Waals surface area contributed by atoms with Crippen molar-refractivity contribution < 1.29 is 9.53 Å². The van der Waals surface area contributed by atoms with Crippen LogP contribution < -0.4 is 4.74 Å². The quantitative estimate of drug-likeness (QED) is 0.841. The van der Waals surface area contributed by atoms with Crippen LogP contribution in [0.1, 0.15) is 21.5 Å². The molecule has 0 bridgehead atoms. The van der Waals surface area contributed by atoms with Crippen LogP contribution in [0.5, 0.6) is 5.75 Å². The van der Waals surface area contributed by atoms with Crippen LogP contribution >= 0.6 is 0 Å². The van der Waals surface area contributed by atoms with Gasteiger partial charge in [-0.3, -0.25) is 4.79 Å². The van der Waals surface area contributed by atoms with E-state index in [9.17, 15) is 4.79 Å². The molecule has 3 rings (SSSR count). The largest absolute Gasteiger partial charge is 0.497 e. The number of nitrogens with zero attached hydrogens (tertiary/aromatic N) is 1. The first-order valence-electron chi connectivity index (χ1n) is 6.28. The molecular formula is C16H15NO2. The molecule has 0 N–H and O–H groups in total. The zero-order chi connectivity index (χ0) is 13.2. The van der Waals surface area contributed by atoms with E-state index in [0.29, 0.717) is 13.1 Å². The number of methoxy groups -OCH3 is 1. The van der Waals surface area contributed by atoms with Crippen molar-refractivity contribution in [1.29, 1.82) is 0 Å². The third kappa shape index (κ3) is 2.19. The van der Waals surface area contributed by atoms with Gasteiger partial charge in [0.25, 0.3) is 5.91 Å². The monoisotopic (exact) mass is 253 g/mol. The van der Waals surface area contributed by atoms with Crippen molar-refractivity contribution in [2.75, 3.05) is 7.11 Å². The van der Waals surface area contributed by atoms with Crippen LogP contribution in [0.15, 0.2) is 48.5 Å². The summed E-state index contributed by atoms with van der Waals surface area (Å²) in [4.78, 5) is 14.1. The lowest BCUT2D eigenvalue weighted by molar-refractivity contribution is 0.0766. The molecule has 3 nitrogen and oxygen atoms in total. The Morgan fingerprint density at radius 2 is 2.00 bits per heavy atom. The summed E-state index contributed by atoms with van der Waals surface area (Å²) in [5, 5.41) is 0. The molecule has 1 aliphatic heterocycles. The number of carbonyl (C=O) groups excluding carboxylic acids is 1. The van der Waals surface area contributed by atoms with Gasteiger partial charge in [-0.05, 0) is 29.3 Å². The number of fused-ring (bicyclic) bond motifs is 1. The van der Waals surface area contributed by atoms with E-state index >= 15 is 0 Å². The highest BCUT2D eigenvalue weighted by atomic mass is 16.5. The van der Waals surface area contributed by atoms with Gasteiger partial charge in [0.1, 0.15) is 5.75 Å². The fraction of sp³-hybridized carbons (Fsp3) is 0.188. The maximum Gasteiger partial charge on any atom is 0.254 e. The van der Waals surface area contributed by atoms with Crippen LogP contribution in [-0.2, 0) is 13.1 Å². The Morgan fingerprint density at radius 1 is 1.16 bits per heavy atom. The molecule has 96 valence electrons. The molecule has 1 aliphatic rings. The minimum atomic E-state index is 0.110. The van der Waals surface area contributed by atoms with Crippen LogP contribution in [0.3, 0.4) is 0 Å². The van der Waals surface area contributed by atoms with E-state index in [1.165, 1.54) is 0 Å². The maximum absolute atomic E-state index is 12.3. The Kier molecular flexibility index (Phi) is 2.95. The highest BCUT2D eigenvalue weighted by molar-refractivity contribution is 5.98. The van der Waals surface area contributed by atoms with Gasteiger partial charge in [-0.15, -0.1) is 0 Å². The lowest BCUT2D eigenvalue weighted by Crippen LogP contribution is -2.23. The number of ether oxygens (including phenoxy) is 1. The van der Waals surface area contributed by atoms with Gasteiger partial charge in [0, 0.05) is 18.7 Å². The summed E-state index contributed by atoms with van der Waals surface area (Å²) in [6, 6.07) is 15.6. The summed E-state index contributed by atoms with van der Waals surface area (Å²) in [5.41, 5.74) is 3.02. The zero-order valence-electron chi connectivity index (χ0n) is 10.8. The molecule has 0 spiro atoms. The summed E-state index contributed by atoms with van der Waals surface area (Å²) in [6.07, 6.45) is 0. The van der Waals surface area contributed by atoms with E-state index in [2.05, 4.69) is 0 Å². The SMILES string of the molecule is COc1cccc(CN2Cc3ccccc3C2=O)c1. The first kappa shape index (κ1) is 11.8. The number of hydrogen-bond acceptors (Lipinski definition) is 2. The van der Waals surface area contributed by atoms with Crippen molar-refractivity contribution >= 4 is 5.91 Å². The molecule has 2 aromatic rings. The Hall–Kier alpha value is -2.29. The van der Waals surface area contributed by atoms with Crippen molar-refractivity contribution in [3.63, 3.8) is 0 Å². The van der Waals surface area contributed by atoms with Crippen LogP contribution in [0.4, 0.5) is 0 Å². The molecule has 0 saturated heterocycles. The molecule has 1 amide bonds. The first-order valence-corrected chi connectivity index (χ1v) is 6.28. The number of carbonyl (C=O) groups is 1. The van der Waals surface area contributed by atoms with E-state index in [1.807, 2.05) is 53.4 Å². The van der Waals surface area contributed by atoms with Crippen molar-refractivity contribution in [2.45, 2.75) is 13.1 Å². The van der Waals surface area contributed by atoms with Gasteiger partial charge in [-0.25, -0.2) is 0 Å². The van der Waals surface area contributed by atoms with E-state index in [1.54, 1.807) is 7.11 Å². The van der Waals surface area contributed by atoms with Crippen LogP contribution in [0.25, 0.3) is 0 Å². The highest BCUT2D eigenvalue weighted by Crippen LogP contribution is 2.24. The Labute approximate surface area is 112 Å². The molecule has 1 heterocycles. The lowest BCUT2D eigenvalue weighted by Gasteiger charge is -2.16. The third-order valence-electron chi connectivity index (χ3n) is 3.40. The minimum Gasteiger partial charge on any atom is -0.497 e. The summed E-state index contributed by atoms with van der Waals surface area (Å²) >= 11 is 0. The van der Waals surface area contributed by atoms with E-state index in [0.717, 1.165) is 22.4 Å². The van der Waals surface area contributed by atoms with Crippen molar-refractivity contribution in [1.82, 2.24) is 4.90 Å². The summed E-state index contributed by atoms with van der Waals surface area (Å²) in [6.45, 7) is 1.30.